The van der Waals surface area contributed by atoms with Gasteiger partial charge in [-0.3, -0.25) is 0 Å². The summed E-state index contributed by atoms with van der Waals surface area (Å²) in [5, 5.41) is 23.2. The first-order valence-electron chi connectivity index (χ1n) is 6.21. The summed E-state index contributed by atoms with van der Waals surface area (Å²) in [5.74, 6) is -1.23. The minimum Gasteiger partial charge on any atom is -0.480 e. The van der Waals surface area contributed by atoms with Crippen LogP contribution in [0.3, 0.4) is 0 Å². The van der Waals surface area contributed by atoms with Gasteiger partial charge >= 0.3 is 12.0 Å². The van der Waals surface area contributed by atoms with Gasteiger partial charge in [-0.15, -0.1) is 0 Å². The molecule has 0 aromatic heterocycles. The number of carboxylic acids is 1. The first kappa shape index (κ1) is 14.7. The Labute approximate surface area is 106 Å². The maximum absolute atomic E-state index is 12.0. The Hall–Kier alpha value is -1.34. The molecule has 0 aliphatic carbocycles. The number of hydrogen-bond acceptors (Lipinski definition) is 4. The quantitative estimate of drug-likeness (QED) is 0.518. The lowest BCUT2D eigenvalue weighted by atomic mass is 10.1. The van der Waals surface area contributed by atoms with E-state index in [1.165, 1.54) is 0 Å². The van der Waals surface area contributed by atoms with Crippen molar-refractivity contribution in [3.05, 3.63) is 0 Å². The largest absolute Gasteiger partial charge is 0.480 e. The fourth-order valence-corrected chi connectivity index (χ4v) is 2.10. The molecule has 18 heavy (non-hydrogen) atoms. The highest BCUT2D eigenvalue weighted by atomic mass is 16.4. The van der Waals surface area contributed by atoms with Gasteiger partial charge in [-0.1, -0.05) is 0 Å². The predicted octanol–water partition coefficient (Wildman–Crippen LogP) is -0.785. The van der Waals surface area contributed by atoms with Gasteiger partial charge in [-0.05, 0) is 32.9 Å². The van der Waals surface area contributed by atoms with E-state index in [0.29, 0.717) is 6.54 Å². The molecule has 0 saturated carbocycles. The number of carbonyl (C=O) groups is 2. The fourth-order valence-electron chi connectivity index (χ4n) is 2.10. The first-order chi connectivity index (χ1) is 8.60. The van der Waals surface area contributed by atoms with Gasteiger partial charge in [0.25, 0.3) is 0 Å². The van der Waals surface area contributed by atoms with Gasteiger partial charge in [-0.25, -0.2) is 9.59 Å². The Balaban J connectivity index is 2.57. The number of aliphatic hydroxyl groups excluding tert-OH is 1. The van der Waals surface area contributed by atoms with Gasteiger partial charge < -0.3 is 25.7 Å². The predicted molar refractivity (Wildman–Crippen MR) is 65.3 cm³/mol. The van der Waals surface area contributed by atoms with E-state index in [0.717, 1.165) is 25.9 Å². The zero-order chi connectivity index (χ0) is 13.5. The van der Waals surface area contributed by atoms with E-state index in [2.05, 4.69) is 10.6 Å². The second-order valence-electron chi connectivity index (χ2n) is 4.29. The highest BCUT2D eigenvalue weighted by Crippen LogP contribution is 2.11. The summed E-state index contributed by atoms with van der Waals surface area (Å²) in [4.78, 5) is 24.3. The van der Waals surface area contributed by atoms with Gasteiger partial charge in [0.05, 0.1) is 6.61 Å². The van der Waals surface area contributed by atoms with Crippen LogP contribution in [0.25, 0.3) is 0 Å². The lowest BCUT2D eigenvalue weighted by Gasteiger charge is -2.34. The second-order valence-corrected chi connectivity index (χ2v) is 4.29. The van der Waals surface area contributed by atoms with Crippen LogP contribution in [-0.4, -0.2) is 65.4 Å². The van der Waals surface area contributed by atoms with Crippen LogP contribution in [0.2, 0.25) is 0 Å². The third kappa shape index (κ3) is 3.85. The second kappa shape index (κ2) is 7.17. The fraction of sp³-hybridized carbons (Fsp3) is 0.818. The lowest BCUT2D eigenvalue weighted by molar-refractivity contribution is -0.140. The third-order valence-corrected chi connectivity index (χ3v) is 3.13. The number of carboxylic acid groups (broad SMARTS) is 1. The Morgan fingerprint density at radius 2 is 2.06 bits per heavy atom. The average molecular weight is 259 g/mol. The van der Waals surface area contributed by atoms with Crippen molar-refractivity contribution >= 4 is 12.0 Å². The molecule has 104 valence electrons. The Morgan fingerprint density at radius 1 is 1.44 bits per heavy atom. The Kier molecular flexibility index (Phi) is 5.87. The number of amides is 2. The van der Waals surface area contributed by atoms with Gasteiger partial charge in [0, 0.05) is 12.6 Å². The molecule has 1 aliphatic heterocycles. The first-order valence-corrected chi connectivity index (χ1v) is 6.21. The van der Waals surface area contributed by atoms with Gasteiger partial charge in [-0.2, -0.15) is 0 Å². The number of nitrogens with one attached hydrogen (secondary N) is 2. The summed E-state index contributed by atoms with van der Waals surface area (Å²) in [7, 11) is 0. The van der Waals surface area contributed by atoms with Crippen molar-refractivity contribution in [3.8, 4) is 0 Å². The number of urea groups is 1. The topological polar surface area (TPSA) is 102 Å². The molecule has 1 saturated heterocycles. The van der Waals surface area contributed by atoms with Crippen LogP contribution < -0.4 is 10.6 Å². The monoisotopic (exact) mass is 259 g/mol. The standard InChI is InChI=1S/C11H21N3O4/c1-2-14(8-3-5-12-6-4-8)11(18)13-9(7-15)10(16)17/h8-9,12,15H,2-7H2,1H3,(H,13,18)(H,16,17)/t9-/m1/s1. The van der Waals surface area contributed by atoms with E-state index in [1.54, 1.807) is 4.90 Å². The van der Waals surface area contributed by atoms with Crippen LogP contribution in [0.5, 0.6) is 0 Å². The van der Waals surface area contributed by atoms with Crippen LogP contribution >= 0.6 is 0 Å². The molecule has 0 spiro atoms. The van der Waals surface area contributed by atoms with Crippen LogP contribution in [0.4, 0.5) is 4.79 Å². The lowest BCUT2D eigenvalue weighted by Crippen LogP contribution is -2.54. The maximum Gasteiger partial charge on any atom is 0.328 e. The highest BCUT2D eigenvalue weighted by Gasteiger charge is 2.27. The number of rotatable bonds is 5. The number of carbonyl (C=O) groups excluding carboxylic acids is 1. The molecule has 2 amide bonds. The zero-order valence-electron chi connectivity index (χ0n) is 10.6. The summed E-state index contributed by atoms with van der Waals surface area (Å²) < 4.78 is 0. The molecule has 0 aromatic rings. The van der Waals surface area contributed by atoms with Crippen LogP contribution in [0, 0.1) is 0 Å². The molecular formula is C11H21N3O4. The summed E-state index contributed by atoms with van der Waals surface area (Å²) in [5.41, 5.74) is 0. The van der Waals surface area contributed by atoms with Crippen molar-refractivity contribution in [1.29, 1.82) is 0 Å². The van der Waals surface area contributed by atoms with E-state index in [9.17, 15) is 9.59 Å². The third-order valence-electron chi connectivity index (χ3n) is 3.13. The molecule has 0 bridgehead atoms. The maximum atomic E-state index is 12.0. The normalized spacial score (nSPS) is 18.1. The van der Waals surface area contributed by atoms with Crippen molar-refractivity contribution < 1.29 is 19.8 Å². The number of nitrogens with zero attached hydrogens (tertiary/aromatic N) is 1. The molecule has 4 N–H and O–H groups in total. The van der Waals surface area contributed by atoms with Gasteiger partial charge in [0.15, 0.2) is 6.04 Å². The van der Waals surface area contributed by atoms with Crippen molar-refractivity contribution in [2.45, 2.75) is 31.8 Å². The van der Waals surface area contributed by atoms with E-state index in [4.69, 9.17) is 10.2 Å². The van der Waals surface area contributed by atoms with Crippen LogP contribution in [0.15, 0.2) is 0 Å². The molecule has 0 aromatic carbocycles. The van der Waals surface area contributed by atoms with Crippen molar-refractivity contribution in [2.75, 3.05) is 26.2 Å². The molecule has 7 nitrogen and oxygen atoms in total. The summed E-state index contributed by atoms with van der Waals surface area (Å²) in [6, 6.07) is -1.54. The highest BCUT2D eigenvalue weighted by molar-refractivity contribution is 5.82. The molecule has 0 radical (unpaired) electrons. The van der Waals surface area contributed by atoms with Crippen LogP contribution in [-0.2, 0) is 4.79 Å². The molecule has 7 heteroatoms. The number of aliphatic carboxylic acids is 1. The summed E-state index contributed by atoms with van der Waals surface area (Å²) in [6.45, 7) is 3.49. The molecule has 1 rings (SSSR count). The minimum atomic E-state index is -1.24. The van der Waals surface area contributed by atoms with Crippen molar-refractivity contribution in [2.24, 2.45) is 0 Å². The Morgan fingerprint density at radius 3 is 2.50 bits per heavy atom. The number of aliphatic hydroxyl groups is 1. The Bertz CT molecular complexity index is 292. The molecule has 1 aliphatic rings. The smallest absolute Gasteiger partial charge is 0.328 e. The molecule has 1 heterocycles. The molecular weight excluding hydrogens is 238 g/mol. The van der Waals surface area contributed by atoms with Crippen molar-refractivity contribution in [1.82, 2.24) is 15.5 Å². The van der Waals surface area contributed by atoms with Gasteiger partial charge in [0.2, 0.25) is 0 Å². The van der Waals surface area contributed by atoms with Crippen LogP contribution in [0.1, 0.15) is 19.8 Å². The van der Waals surface area contributed by atoms with E-state index in [-0.39, 0.29) is 6.04 Å². The van der Waals surface area contributed by atoms with E-state index < -0.39 is 24.6 Å². The average Bonchev–Trinajstić information content (AvgIpc) is 2.37. The molecule has 1 fully saturated rings. The SMILES string of the molecule is CCN(C(=O)N[C@H](CO)C(=O)O)C1CCNCC1. The zero-order valence-corrected chi connectivity index (χ0v) is 10.6. The minimum absolute atomic E-state index is 0.129. The number of hydrogen-bond donors (Lipinski definition) is 4. The number of piperidine rings is 1. The molecule has 1 atom stereocenters. The summed E-state index contributed by atoms with van der Waals surface area (Å²) >= 11 is 0. The van der Waals surface area contributed by atoms with E-state index in [1.807, 2.05) is 6.92 Å². The van der Waals surface area contributed by atoms with Crippen molar-refractivity contribution in [3.63, 3.8) is 0 Å². The van der Waals surface area contributed by atoms with E-state index >= 15 is 0 Å². The molecule has 0 unspecified atom stereocenters. The van der Waals surface area contributed by atoms with Gasteiger partial charge in [0.1, 0.15) is 0 Å². The summed E-state index contributed by atoms with van der Waals surface area (Å²) in [6.07, 6.45) is 1.72.